The maximum Gasteiger partial charge on any atom is 0.0627 e. The van der Waals surface area contributed by atoms with Gasteiger partial charge in [-0.05, 0) is 13.5 Å². The van der Waals surface area contributed by atoms with Crippen LogP contribution < -0.4 is 0 Å². The lowest BCUT2D eigenvalue weighted by Crippen LogP contribution is -2.27. The Hall–Kier alpha value is 0.270. The average Bonchev–Trinajstić information content (AvgIpc) is 1.82. The fraction of sp³-hybridized carbons (Fsp3) is 1.00. The lowest BCUT2D eigenvalue weighted by Gasteiger charge is -2.19. The predicted octanol–water partition coefficient (Wildman–Crippen LogP) is 1.19. The molecule has 0 N–H and O–H groups in total. The first-order valence-electron chi connectivity index (χ1n) is 3.13. The molecule has 0 aliphatic carbocycles. The van der Waals surface area contributed by atoms with Crippen molar-refractivity contribution in [2.24, 2.45) is 0 Å². The van der Waals surface area contributed by atoms with Crippen LogP contribution in [0.3, 0.4) is 0 Å². The van der Waals surface area contributed by atoms with Gasteiger partial charge in [0, 0.05) is 13.2 Å². The zero-order valence-corrected chi connectivity index (χ0v) is 7.19. The summed E-state index contributed by atoms with van der Waals surface area (Å²) in [7, 11) is 3.65. The molecule has 3 heteroatoms. The van der Waals surface area contributed by atoms with Gasteiger partial charge >= 0.3 is 0 Å². The maximum atomic E-state index is 4.97. The van der Waals surface area contributed by atoms with Gasteiger partial charge in [0.05, 0.1) is 6.61 Å². The Bertz CT molecular complexity index is 68.1. The Morgan fingerprint density at radius 3 is 2.33 bits per heavy atom. The van der Waals surface area contributed by atoms with Crippen molar-refractivity contribution in [3.63, 3.8) is 0 Å². The third-order valence-corrected chi connectivity index (χ3v) is 1.69. The fourth-order valence-corrected chi connectivity index (χ4v) is 0.912. The summed E-state index contributed by atoms with van der Waals surface area (Å²) in [6.07, 6.45) is 1.08. The average molecular weight is 149 g/mol. The van der Waals surface area contributed by atoms with Gasteiger partial charge < -0.3 is 4.74 Å². The monoisotopic (exact) mass is 149 g/mol. The Labute approximate surface area is 62.7 Å². The molecule has 0 aromatic rings. The number of hydrogen-bond donors (Lipinski definition) is 1. The lowest BCUT2D eigenvalue weighted by atomic mass is 10.2. The summed E-state index contributed by atoms with van der Waals surface area (Å²) >= 11 is 4.16. The summed E-state index contributed by atoms with van der Waals surface area (Å²) in [5, 5.41) is 0. The Morgan fingerprint density at radius 2 is 2.22 bits per heavy atom. The van der Waals surface area contributed by atoms with E-state index in [1.54, 1.807) is 7.11 Å². The molecule has 9 heavy (non-hydrogen) atoms. The molecule has 0 aromatic carbocycles. The van der Waals surface area contributed by atoms with Gasteiger partial charge in [0.2, 0.25) is 0 Å². The predicted molar refractivity (Wildman–Crippen MR) is 42.7 cm³/mol. The molecular formula is C6H15NOS. The van der Waals surface area contributed by atoms with Gasteiger partial charge in [-0.3, -0.25) is 4.31 Å². The minimum Gasteiger partial charge on any atom is -0.383 e. The number of likely N-dealkylation sites (N-methyl/N-ethyl adjacent to an activating group) is 1. The minimum atomic E-state index is 0.443. The summed E-state index contributed by atoms with van der Waals surface area (Å²) in [4.78, 5) is 0. The van der Waals surface area contributed by atoms with Crippen LogP contribution in [0.2, 0.25) is 0 Å². The van der Waals surface area contributed by atoms with E-state index in [2.05, 4.69) is 19.7 Å². The first-order chi connectivity index (χ1) is 4.22. The van der Waals surface area contributed by atoms with E-state index in [1.165, 1.54) is 0 Å². The largest absolute Gasteiger partial charge is 0.383 e. The van der Waals surface area contributed by atoms with Crippen molar-refractivity contribution in [2.45, 2.75) is 19.4 Å². The molecule has 0 aromatic heterocycles. The summed E-state index contributed by atoms with van der Waals surface area (Å²) in [5.41, 5.74) is 0. The van der Waals surface area contributed by atoms with Crippen molar-refractivity contribution in [3.8, 4) is 0 Å². The maximum absolute atomic E-state index is 4.97. The number of hydrogen-bond acceptors (Lipinski definition) is 3. The number of methoxy groups -OCH3 is 1. The highest BCUT2D eigenvalue weighted by Gasteiger charge is 2.07. The van der Waals surface area contributed by atoms with Crippen molar-refractivity contribution in [3.05, 3.63) is 0 Å². The van der Waals surface area contributed by atoms with Gasteiger partial charge in [-0.2, -0.15) is 0 Å². The van der Waals surface area contributed by atoms with Crippen molar-refractivity contribution in [1.82, 2.24) is 4.31 Å². The van der Waals surface area contributed by atoms with E-state index in [1.807, 2.05) is 11.4 Å². The molecule has 0 saturated carbocycles. The second kappa shape index (κ2) is 5.09. The Kier molecular flexibility index (Phi) is 5.24. The molecule has 0 aliphatic rings. The second-order valence-corrected chi connectivity index (χ2v) is 2.72. The van der Waals surface area contributed by atoms with Crippen molar-refractivity contribution < 1.29 is 4.74 Å². The molecule has 0 heterocycles. The van der Waals surface area contributed by atoms with E-state index in [-0.39, 0.29) is 0 Å². The van der Waals surface area contributed by atoms with E-state index in [4.69, 9.17) is 4.74 Å². The molecule has 0 fully saturated rings. The molecule has 0 bridgehead atoms. The number of ether oxygens (including phenoxy) is 1. The van der Waals surface area contributed by atoms with Gasteiger partial charge in [-0.1, -0.05) is 19.7 Å². The number of thiol groups is 1. The molecule has 0 aliphatic heterocycles. The number of nitrogens with zero attached hydrogens (tertiary/aromatic N) is 1. The van der Waals surface area contributed by atoms with Gasteiger partial charge in [0.25, 0.3) is 0 Å². The quantitative estimate of drug-likeness (QED) is 0.603. The lowest BCUT2D eigenvalue weighted by molar-refractivity contribution is 0.144. The van der Waals surface area contributed by atoms with E-state index < -0.39 is 0 Å². The molecule has 2 nitrogen and oxygen atoms in total. The molecule has 0 radical (unpaired) electrons. The Balaban J connectivity index is 3.41. The zero-order chi connectivity index (χ0) is 7.28. The van der Waals surface area contributed by atoms with Crippen molar-refractivity contribution in [1.29, 1.82) is 0 Å². The molecular weight excluding hydrogens is 134 g/mol. The fourth-order valence-electron chi connectivity index (χ4n) is 0.682. The third kappa shape index (κ3) is 3.78. The van der Waals surface area contributed by atoms with Crippen LogP contribution >= 0.6 is 12.8 Å². The molecule has 56 valence electrons. The normalized spacial score (nSPS) is 14.3. The molecule has 1 unspecified atom stereocenters. The highest BCUT2D eigenvalue weighted by molar-refractivity contribution is 7.77. The zero-order valence-electron chi connectivity index (χ0n) is 6.29. The van der Waals surface area contributed by atoms with Crippen LogP contribution in [0.15, 0.2) is 0 Å². The molecule has 0 amide bonds. The highest BCUT2D eigenvalue weighted by Crippen LogP contribution is 2.02. The summed E-state index contributed by atoms with van der Waals surface area (Å²) in [5.74, 6) is 0. The van der Waals surface area contributed by atoms with Crippen molar-refractivity contribution in [2.75, 3.05) is 20.8 Å². The summed E-state index contributed by atoms with van der Waals surface area (Å²) in [6.45, 7) is 2.88. The van der Waals surface area contributed by atoms with Crippen LogP contribution in [0.4, 0.5) is 0 Å². The third-order valence-electron chi connectivity index (χ3n) is 1.36. The highest BCUT2D eigenvalue weighted by atomic mass is 32.1. The SMILES string of the molecule is CCC(COC)N(C)S. The molecule has 0 rings (SSSR count). The number of rotatable bonds is 4. The molecule has 0 spiro atoms. The summed E-state index contributed by atoms with van der Waals surface area (Å²) in [6, 6.07) is 0.443. The van der Waals surface area contributed by atoms with Crippen molar-refractivity contribution >= 4 is 12.8 Å². The van der Waals surface area contributed by atoms with Gasteiger partial charge in [-0.25, -0.2) is 0 Å². The van der Waals surface area contributed by atoms with E-state index in [0.717, 1.165) is 13.0 Å². The standard InChI is InChI=1S/C6H15NOS/c1-4-6(5-8-3)7(2)9/h6,9H,4-5H2,1-3H3. The van der Waals surface area contributed by atoms with Gasteiger partial charge in [-0.15, -0.1) is 0 Å². The first kappa shape index (κ1) is 9.27. The second-order valence-electron chi connectivity index (χ2n) is 2.09. The van der Waals surface area contributed by atoms with Crippen LogP contribution in [0.1, 0.15) is 13.3 Å². The van der Waals surface area contributed by atoms with E-state index >= 15 is 0 Å². The minimum absolute atomic E-state index is 0.443. The van der Waals surface area contributed by atoms with Crippen LogP contribution in [-0.4, -0.2) is 31.1 Å². The summed E-state index contributed by atoms with van der Waals surface area (Å²) < 4.78 is 6.84. The van der Waals surface area contributed by atoms with Crippen LogP contribution in [0.5, 0.6) is 0 Å². The first-order valence-corrected chi connectivity index (χ1v) is 3.53. The molecule has 1 atom stereocenters. The van der Waals surface area contributed by atoms with Gasteiger partial charge in [0.1, 0.15) is 0 Å². The van der Waals surface area contributed by atoms with Gasteiger partial charge in [0.15, 0.2) is 0 Å². The Morgan fingerprint density at radius 1 is 1.67 bits per heavy atom. The van der Waals surface area contributed by atoms with Crippen LogP contribution in [0.25, 0.3) is 0 Å². The van der Waals surface area contributed by atoms with E-state index in [9.17, 15) is 0 Å². The van der Waals surface area contributed by atoms with Crippen LogP contribution in [-0.2, 0) is 4.74 Å². The van der Waals surface area contributed by atoms with Crippen LogP contribution in [0, 0.1) is 0 Å². The van der Waals surface area contributed by atoms with E-state index in [0.29, 0.717) is 6.04 Å². The topological polar surface area (TPSA) is 12.5 Å². The smallest absolute Gasteiger partial charge is 0.0627 e. The molecule has 0 saturated heterocycles.